The smallest absolute Gasteiger partial charge is 0.657 e. The van der Waals surface area contributed by atoms with Crippen molar-refractivity contribution in [1.29, 1.82) is 0 Å². The van der Waals surface area contributed by atoms with Crippen molar-refractivity contribution >= 4 is 68.1 Å². The number of hydrogen-bond acceptors (Lipinski definition) is 4. The Morgan fingerprint density at radius 1 is 0.886 bits per heavy atom. The molecule has 0 aliphatic carbocycles. The molecule has 226 valence electrons. The maximum atomic E-state index is 11.5. The van der Waals surface area contributed by atoms with Crippen molar-refractivity contribution < 1.29 is 36.9 Å². The van der Waals surface area contributed by atoms with Crippen LogP contribution in [0.5, 0.6) is 0 Å². The van der Waals surface area contributed by atoms with Crippen LogP contribution >= 0.6 is 0 Å². The van der Waals surface area contributed by atoms with Crippen LogP contribution in [0.15, 0.2) is 36.4 Å². The van der Waals surface area contributed by atoms with Gasteiger partial charge in [-0.25, -0.2) is 14.8 Å². The molecule has 0 aromatic carbocycles. The second-order valence-corrected chi connectivity index (χ2v) is 12.5. The number of thiol groups is 1. The van der Waals surface area contributed by atoms with E-state index in [9.17, 15) is 19.8 Å². The summed E-state index contributed by atoms with van der Waals surface area (Å²) in [4.78, 5) is 43.1. The van der Waals surface area contributed by atoms with Crippen LogP contribution in [0, 0.1) is 13.8 Å². The Labute approximate surface area is 270 Å². The van der Waals surface area contributed by atoms with Gasteiger partial charge in [0.1, 0.15) is 0 Å². The average molecular weight is 650 g/mol. The van der Waals surface area contributed by atoms with E-state index in [4.69, 9.17) is 19.9 Å². The number of hydrogen-bond donors (Lipinski definition) is 2. The molecule has 6 rings (SSSR count). The summed E-state index contributed by atoms with van der Waals surface area (Å²) in [5, 5.41) is 19.3. The zero-order valence-electron chi connectivity index (χ0n) is 25.2. The topological polar surface area (TPSA) is 129 Å². The van der Waals surface area contributed by atoms with Crippen molar-refractivity contribution in [3.8, 4) is 0 Å². The first-order chi connectivity index (χ1) is 20.5. The van der Waals surface area contributed by atoms with Gasteiger partial charge in [0, 0.05) is 18.1 Å². The van der Waals surface area contributed by atoms with Gasteiger partial charge in [-0.2, -0.15) is 0 Å². The molecule has 0 amide bonds. The van der Waals surface area contributed by atoms with Gasteiger partial charge in [-0.05, 0) is 80.7 Å². The molecule has 1 atom stereocenters. The first-order valence-electron chi connectivity index (χ1n) is 14.4. The molecule has 6 heterocycles. The summed E-state index contributed by atoms with van der Waals surface area (Å²) < 4.78 is 0. The first-order valence-corrected chi connectivity index (χ1v) is 15.6. The number of carboxylic acid groups (broad SMARTS) is 2. The molecule has 8 bridgehead atoms. The Balaban J connectivity index is 0.00000384. The molecular weight excluding hydrogens is 616 g/mol. The zero-order chi connectivity index (χ0) is 30.6. The second kappa shape index (κ2) is 12.3. The molecule has 8 nitrogen and oxygen atoms in total. The van der Waals surface area contributed by atoms with E-state index in [-0.39, 0.29) is 23.5 Å². The maximum Gasteiger partial charge on any atom is 2.00 e. The van der Waals surface area contributed by atoms with Crippen molar-refractivity contribution in [2.45, 2.75) is 59.1 Å². The fraction of sp³-hybridized carbons (Fsp3) is 0.294. The third kappa shape index (κ3) is 5.82. The van der Waals surface area contributed by atoms with Crippen LogP contribution in [-0.2, 0) is 44.8 Å². The molecule has 0 unspecified atom stereocenters. The number of aryl methyl sites for hydroxylation is 3. The van der Waals surface area contributed by atoms with Crippen LogP contribution in [0.25, 0.3) is 44.4 Å². The summed E-state index contributed by atoms with van der Waals surface area (Å²) in [6.07, 6.45) is 3.78. The van der Waals surface area contributed by atoms with E-state index in [1.165, 1.54) is 22.9 Å². The third-order valence-corrected chi connectivity index (χ3v) is 9.50. The van der Waals surface area contributed by atoms with Crippen LogP contribution < -0.4 is 9.97 Å². The van der Waals surface area contributed by atoms with E-state index in [0.717, 1.165) is 74.0 Å². The molecule has 10 heteroatoms. The minimum Gasteiger partial charge on any atom is -0.657 e. The quantitative estimate of drug-likeness (QED) is 0.105. The van der Waals surface area contributed by atoms with Crippen LogP contribution in [0.3, 0.4) is 0 Å². The van der Waals surface area contributed by atoms with E-state index >= 15 is 0 Å². The monoisotopic (exact) mass is 649 g/mol. The predicted molar refractivity (Wildman–Crippen MR) is 173 cm³/mol. The summed E-state index contributed by atoms with van der Waals surface area (Å²) in [6.45, 7) is 10.2. The second-order valence-electron chi connectivity index (χ2n) is 11.2. The number of carboxylic acids is 2. The van der Waals surface area contributed by atoms with Crippen molar-refractivity contribution in [3.05, 3.63) is 81.4 Å². The van der Waals surface area contributed by atoms with Gasteiger partial charge in [0.25, 0.3) is 0 Å². The molecular formula is C34H33FeN4O4S+. The number of allylic oxidation sites excluding steroid dienone is 5. The minimum absolute atomic E-state index is 0. The van der Waals surface area contributed by atoms with Gasteiger partial charge in [0.2, 0.25) is 0 Å². The van der Waals surface area contributed by atoms with Gasteiger partial charge >= 0.3 is 29.0 Å². The van der Waals surface area contributed by atoms with E-state index in [0.29, 0.717) is 34.1 Å². The van der Waals surface area contributed by atoms with Crippen molar-refractivity contribution in [1.82, 2.24) is 19.9 Å². The number of aromatic nitrogens is 4. The molecule has 0 radical (unpaired) electrons. The molecule has 3 aromatic heterocycles. The number of nitrogens with zero attached hydrogens (tertiary/aromatic N) is 4. The van der Waals surface area contributed by atoms with Gasteiger partial charge in [-0.3, -0.25) is 4.79 Å². The first kappa shape index (κ1) is 31.6. The molecule has 0 spiro atoms. The van der Waals surface area contributed by atoms with Crippen LogP contribution in [0.1, 0.15) is 83.9 Å². The minimum atomic E-state index is -1.05. The third-order valence-electron chi connectivity index (χ3n) is 8.51. The molecule has 3 aliphatic heterocycles. The SMILES string of the molecule is CCC1=C(C)c2cc3[n-]c(cc4nc(cc5[n-]c(cc1n2)c(C)c5[C@@H]1C[SH+]1)C(C)=C4/C=C/C(=O)O)c(CCC(=O)O)c3C.[Fe+2]. The Morgan fingerprint density at radius 2 is 1.48 bits per heavy atom. The Kier molecular flexibility index (Phi) is 8.80. The Hall–Kier alpha value is -3.85. The maximum absolute atomic E-state index is 11.5. The van der Waals surface area contributed by atoms with Gasteiger partial charge in [0.05, 0.1) is 22.8 Å². The summed E-state index contributed by atoms with van der Waals surface area (Å²) in [6, 6.07) is 7.92. The summed E-state index contributed by atoms with van der Waals surface area (Å²) in [5.74, 6) is -0.839. The largest absolute Gasteiger partial charge is 2.00 e. The van der Waals surface area contributed by atoms with E-state index < -0.39 is 11.9 Å². The number of carbonyl (C=O) groups is 2. The van der Waals surface area contributed by atoms with Gasteiger partial charge in [0.15, 0.2) is 11.0 Å². The average Bonchev–Trinajstić information content (AvgIpc) is 3.50. The van der Waals surface area contributed by atoms with Crippen molar-refractivity contribution in [2.24, 2.45) is 0 Å². The molecule has 1 saturated heterocycles. The van der Waals surface area contributed by atoms with E-state index in [2.05, 4.69) is 26.8 Å². The molecule has 0 saturated carbocycles. The molecule has 3 aliphatic rings. The molecule has 1 fully saturated rings. The Morgan fingerprint density at radius 3 is 2.14 bits per heavy atom. The standard InChI is InChI=1S/C34H34N4O4S.Fe/c1-6-20-16(2)23-11-24-17(3)21(7-9-32(39)40)28(36-24)14-29-22(8-10-33(41)42)18(4)25(37-29)13-30-34(31-15-43-31)19(5)26(38-30)12-27(20)35-23;/h8,10-14,31H,6-7,9,15H2,1-5H3,(H4,35,36,37,38,39,40,41,42);/q;+2/p-1/b10-8+,23-11?,24-11?,25-13?,26-12?,27-12?,28-14?,29-14?,30-13?;/t31-;/m0./s1. The summed E-state index contributed by atoms with van der Waals surface area (Å²) >= 11 is 1.38. The fourth-order valence-corrected chi connectivity index (χ4v) is 6.81. The molecule has 2 N–H and O–H groups in total. The molecule has 44 heavy (non-hydrogen) atoms. The number of rotatable bonds is 7. The van der Waals surface area contributed by atoms with Crippen LogP contribution in [0.4, 0.5) is 0 Å². The van der Waals surface area contributed by atoms with E-state index in [1.807, 2.05) is 32.0 Å². The van der Waals surface area contributed by atoms with Gasteiger partial charge in [-0.15, -0.1) is 22.1 Å². The summed E-state index contributed by atoms with van der Waals surface area (Å²) in [7, 11) is 0. The summed E-state index contributed by atoms with van der Waals surface area (Å²) in [5.41, 5.74) is 14.1. The Bertz CT molecular complexity index is 1980. The number of aliphatic carboxylic acids is 2. The fourth-order valence-electron chi connectivity index (χ4n) is 6.02. The van der Waals surface area contributed by atoms with E-state index in [1.54, 1.807) is 6.08 Å². The predicted octanol–water partition coefficient (Wildman–Crippen LogP) is 5.99. The van der Waals surface area contributed by atoms with Gasteiger partial charge < -0.3 is 20.2 Å². The van der Waals surface area contributed by atoms with Crippen LogP contribution in [-0.4, -0.2) is 37.9 Å². The normalized spacial score (nSPS) is 16.1. The van der Waals surface area contributed by atoms with Gasteiger partial charge in [-0.1, -0.05) is 47.9 Å². The number of fused-ring (bicyclic) bond motifs is 8. The zero-order valence-corrected chi connectivity index (χ0v) is 27.2. The van der Waals surface area contributed by atoms with Crippen molar-refractivity contribution in [2.75, 3.05) is 5.75 Å². The molecule has 3 aromatic rings. The van der Waals surface area contributed by atoms with Crippen molar-refractivity contribution in [3.63, 3.8) is 0 Å². The van der Waals surface area contributed by atoms with Crippen LogP contribution in [0.2, 0.25) is 0 Å².